The monoisotopic (exact) mass is 360 g/mol. The molecule has 0 unspecified atom stereocenters. The van der Waals surface area contributed by atoms with Crippen LogP contribution in [0.1, 0.15) is 15.9 Å². The highest BCUT2D eigenvalue weighted by atomic mass is 35.5. The van der Waals surface area contributed by atoms with Crippen molar-refractivity contribution in [1.82, 2.24) is 0 Å². The van der Waals surface area contributed by atoms with Crippen LogP contribution in [-0.4, -0.2) is 18.3 Å². The van der Waals surface area contributed by atoms with Crippen molar-refractivity contribution in [3.05, 3.63) is 43.6 Å². The molecule has 1 aromatic carbocycles. The molecule has 1 nitrogen and oxygen atoms in total. The summed E-state index contributed by atoms with van der Waals surface area (Å²) < 4.78 is 38.4. The fraction of sp³-hybridized carbons (Fsp3) is 0.250. The van der Waals surface area contributed by atoms with Crippen LogP contribution >= 0.6 is 46.7 Å². The van der Waals surface area contributed by atoms with Gasteiger partial charge in [-0.15, -0.1) is 23.5 Å². The highest BCUT2D eigenvalue weighted by Crippen LogP contribution is 2.36. The summed E-state index contributed by atoms with van der Waals surface area (Å²) in [6, 6.07) is 1.40. The smallest absolute Gasteiger partial charge is 0.289 e. The van der Waals surface area contributed by atoms with Gasteiger partial charge in [0.15, 0.2) is 5.78 Å². The first-order valence-corrected chi connectivity index (χ1v) is 8.31. The third-order valence-corrected chi connectivity index (χ3v) is 4.90. The van der Waals surface area contributed by atoms with E-state index in [0.717, 1.165) is 0 Å². The Balaban J connectivity index is 3.28. The number of rotatable bonds is 4. The van der Waals surface area contributed by atoms with Gasteiger partial charge in [-0.3, -0.25) is 4.79 Å². The normalized spacial score (nSPS) is 11.3. The van der Waals surface area contributed by atoms with Crippen LogP contribution in [0.5, 0.6) is 0 Å². The number of benzene rings is 1. The fourth-order valence-corrected chi connectivity index (χ4v) is 3.14. The van der Waals surface area contributed by atoms with Gasteiger partial charge in [0, 0.05) is 10.3 Å². The first kappa shape index (κ1) is 17.8. The molecule has 0 fully saturated rings. The van der Waals surface area contributed by atoms with Gasteiger partial charge in [0.1, 0.15) is 0 Å². The zero-order valence-corrected chi connectivity index (χ0v) is 13.5. The van der Waals surface area contributed by atoms with Crippen molar-refractivity contribution in [1.29, 1.82) is 0 Å². The van der Waals surface area contributed by atoms with Gasteiger partial charge >= 0.3 is 6.18 Å². The quantitative estimate of drug-likeness (QED) is 0.501. The topological polar surface area (TPSA) is 17.1 Å². The van der Waals surface area contributed by atoms with Crippen molar-refractivity contribution >= 4 is 52.5 Å². The largest absolute Gasteiger partial charge is 0.416 e. The molecular formula is C12H9Cl2F3OS2. The third-order valence-electron chi connectivity index (χ3n) is 2.27. The van der Waals surface area contributed by atoms with Crippen LogP contribution in [0.4, 0.5) is 13.2 Å². The highest BCUT2D eigenvalue weighted by molar-refractivity contribution is 8.21. The number of thioether (sulfide) groups is 2. The first-order valence-electron chi connectivity index (χ1n) is 5.11. The van der Waals surface area contributed by atoms with Crippen LogP contribution in [0.3, 0.4) is 0 Å². The summed E-state index contributed by atoms with van der Waals surface area (Å²) in [5.41, 5.74) is -1.11. The fourth-order valence-electron chi connectivity index (χ4n) is 1.35. The summed E-state index contributed by atoms with van der Waals surface area (Å²) >= 11 is 14.2. The van der Waals surface area contributed by atoms with Gasteiger partial charge in [0.25, 0.3) is 0 Å². The van der Waals surface area contributed by atoms with Gasteiger partial charge in [-0.05, 0) is 24.6 Å². The molecule has 20 heavy (non-hydrogen) atoms. The number of ketones is 1. The van der Waals surface area contributed by atoms with Crippen LogP contribution in [-0.2, 0) is 6.18 Å². The summed E-state index contributed by atoms with van der Waals surface area (Å²) in [6.07, 6.45) is 0.307. The van der Waals surface area contributed by atoms with E-state index in [0.29, 0.717) is 16.4 Å². The van der Waals surface area contributed by atoms with Crippen LogP contribution in [0.25, 0.3) is 0 Å². The van der Waals surface area contributed by atoms with E-state index in [4.69, 9.17) is 23.2 Å². The Morgan fingerprint density at radius 3 is 1.95 bits per heavy atom. The second kappa shape index (κ2) is 7.11. The molecule has 0 aliphatic rings. The van der Waals surface area contributed by atoms with Crippen molar-refractivity contribution < 1.29 is 18.0 Å². The predicted molar refractivity (Wildman–Crippen MR) is 80.9 cm³/mol. The Bertz CT molecular complexity index is 527. The molecular weight excluding hydrogens is 352 g/mol. The lowest BCUT2D eigenvalue weighted by Gasteiger charge is -2.11. The lowest BCUT2D eigenvalue weighted by Crippen LogP contribution is -2.07. The SMILES string of the molecule is CSC(=CC(=O)c1c(Cl)cc(C(F)(F)F)cc1Cl)SC. The van der Waals surface area contributed by atoms with Crippen LogP contribution in [0.2, 0.25) is 10.0 Å². The van der Waals surface area contributed by atoms with Crippen molar-refractivity contribution in [2.24, 2.45) is 0 Å². The molecule has 0 aliphatic carbocycles. The van der Waals surface area contributed by atoms with Crippen molar-refractivity contribution in [3.63, 3.8) is 0 Å². The van der Waals surface area contributed by atoms with E-state index in [1.807, 2.05) is 0 Å². The van der Waals surface area contributed by atoms with E-state index in [9.17, 15) is 18.0 Å². The third kappa shape index (κ3) is 4.35. The molecule has 1 aromatic rings. The van der Waals surface area contributed by atoms with Gasteiger partial charge in [-0.2, -0.15) is 13.2 Å². The number of alkyl halides is 3. The minimum absolute atomic E-state index is 0.123. The minimum atomic E-state index is -4.56. The molecule has 8 heteroatoms. The Hall–Kier alpha value is -0.300. The van der Waals surface area contributed by atoms with Gasteiger partial charge in [0.2, 0.25) is 0 Å². The first-order chi connectivity index (χ1) is 9.20. The van der Waals surface area contributed by atoms with Crippen LogP contribution in [0.15, 0.2) is 22.4 Å². The van der Waals surface area contributed by atoms with Crippen LogP contribution < -0.4 is 0 Å². The number of allylic oxidation sites excluding steroid dienone is 1. The molecule has 0 aromatic heterocycles. The predicted octanol–water partition coefficient (Wildman–Crippen LogP) is 5.76. The van der Waals surface area contributed by atoms with Crippen LogP contribution in [0, 0.1) is 0 Å². The summed E-state index contributed by atoms with van der Waals surface area (Å²) in [5.74, 6) is -0.521. The molecule has 0 radical (unpaired) electrons. The lowest BCUT2D eigenvalue weighted by atomic mass is 10.1. The molecule has 0 heterocycles. The highest BCUT2D eigenvalue weighted by Gasteiger charge is 2.32. The number of carbonyl (C=O) groups excluding carboxylic acids is 1. The van der Waals surface area contributed by atoms with Crippen molar-refractivity contribution in [2.75, 3.05) is 12.5 Å². The molecule has 0 saturated carbocycles. The summed E-state index contributed by atoms with van der Waals surface area (Å²) in [4.78, 5) is 12.0. The Kier molecular flexibility index (Phi) is 6.31. The summed E-state index contributed by atoms with van der Waals surface area (Å²) in [7, 11) is 0. The molecule has 0 aliphatic heterocycles. The maximum atomic E-state index is 12.6. The minimum Gasteiger partial charge on any atom is -0.289 e. The van der Waals surface area contributed by atoms with Crippen molar-refractivity contribution in [3.8, 4) is 0 Å². The van der Waals surface area contributed by atoms with E-state index in [2.05, 4.69) is 0 Å². The van der Waals surface area contributed by atoms with E-state index in [-0.39, 0.29) is 15.6 Å². The summed E-state index contributed by atoms with van der Waals surface area (Å²) in [6.45, 7) is 0. The second-order valence-electron chi connectivity index (χ2n) is 3.55. The average Bonchev–Trinajstić information content (AvgIpc) is 2.33. The molecule has 1 rings (SSSR count). The Morgan fingerprint density at radius 1 is 1.15 bits per heavy atom. The molecule has 0 spiro atoms. The second-order valence-corrected chi connectivity index (χ2v) is 6.32. The lowest BCUT2D eigenvalue weighted by molar-refractivity contribution is -0.137. The van der Waals surface area contributed by atoms with Crippen molar-refractivity contribution in [2.45, 2.75) is 6.18 Å². The Labute approximate surface area is 132 Å². The average molecular weight is 361 g/mol. The molecule has 0 atom stereocenters. The number of hydrogen-bond acceptors (Lipinski definition) is 3. The van der Waals surface area contributed by atoms with Gasteiger partial charge in [0.05, 0.1) is 21.2 Å². The molecule has 0 amide bonds. The van der Waals surface area contributed by atoms with E-state index < -0.39 is 17.5 Å². The molecule has 0 N–H and O–H groups in total. The number of hydrogen-bond donors (Lipinski definition) is 0. The van der Waals surface area contributed by atoms with E-state index in [1.165, 1.54) is 29.6 Å². The molecule has 110 valence electrons. The zero-order chi connectivity index (χ0) is 15.5. The van der Waals surface area contributed by atoms with Gasteiger partial charge in [-0.1, -0.05) is 23.2 Å². The Morgan fingerprint density at radius 2 is 1.60 bits per heavy atom. The standard InChI is InChI=1S/C12H9Cl2F3OS2/c1-19-10(20-2)5-9(18)11-7(13)3-6(4-8(11)14)12(15,16)17/h3-5H,1-2H3. The maximum absolute atomic E-state index is 12.6. The maximum Gasteiger partial charge on any atom is 0.416 e. The van der Waals surface area contributed by atoms with E-state index >= 15 is 0 Å². The zero-order valence-electron chi connectivity index (χ0n) is 10.3. The number of halogens is 5. The molecule has 0 bridgehead atoms. The van der Waals surface area contributed by atoms with E-state index in [1.54, 1.807) is 12.5 Å². The summed E-state index contributed by atoms with van der Waals surface area (Å²) in [5, 5.41) is -0.625. The van der Waals surface area contributed by atoms with Gasteiger partial charge in [-0.25, -0.2) is 0 Å². The number of carbonyl (C=O) groups is 1. The van der Waals surface area contributed by atoms with Gasteiger partial charge < -0.3 is 0 Å². The molecule has 0 saturated heterocycles.